The zero-order valence-electron chi connectivity index (χ0n) is 20.6. The van der Waals surface area contributed by atoms with Crippen molar-refractivity contribution in [2.45, 2.75) is 43.5 Å². The summed E-state index contributed by atoms with van der Waals surface area (Å²) in [6.45, 7) is 4.84. The molecule has 35 heavy (non-hydrogen) atoms. The van der Waals surface area contributed by atoms with Crippen molar-refractivity contribution in [3.8, 4) is 0 Å². The van der Waals surface area contributed by atoms with Gasteiger partial charge in [-0.15, -0.1) is 11.8 Å². The minimum Gasteiger partial charge on any atom is -0.347 e. The number of aryl methyl sites for hydroxylation is 2. The van der Waals surface area contributed by atoms with Crippen molar-refractivity contribution < 1.29 is 9.59 Å². The first-order valence-electron chi connectivity index (χ1n) is 11.7. The third-order valence-electron chi connectivity index (χ3n) is 5.95. The van der Waals surface area contributed by atoms with Crippen LogP contribution < -0.4 is 10.2 Å². The Bertz CT molecular complexity index is 1210. The topological polar surface area (TPSA) is 78.4 Å². The van der Waals surface area contributed by atoms with E-state index in [2.05, 4.69) is 26.3 Å². The summed E-state index contributed by atoms with van der Waals surface area (Å²) in [7, 11) is 3.58. The van der Waals surface area contributed by atoms with Gasteiger partial charge in [-0.2, -0.15) is 0 Å². The van der Waals surface area contributed by atoms with E-state index in [1.165, 1.54) is 11.8 Å². The maximum absolute atomic E-state index is 13.0. The van der Waals surface area contributed by atoms with Gasteiger partial charge in [-0.1, -0.05) is 6.07 Å². The van der Waals surface area contributed by atoms with E-state index in [0.717, 1.165) is 47.6 Å². The van der Waals surface area contributed by atoms with Gasteiger partial charge in [-0.05, 0) is 79.8 Å². The second-order valence-electron chi connectivity index (χ2n) is 9.08. The van der Waals surface area contributed by atoms with Crippen molar-refractivity contribution >= 4 is 35.1 Å². The summed E-state index contributed by atoms with van der Waals surface area (Å²) in [5.41, 5.74) is 4.58. The Morgan fingerprint density at radius 1 is 1.09 bits per heavy atom. The lowest BCUT2D eigenvalue weighted by atomic mass is 10.1. The molecule has 2 aromatic heterocycles. The maximum atomic E-state index is 13.0. The lowest BCUT2D eigenvalue weighted by molar-refractivity contribution is -0.129. The number of carbonyl (C=O) groups is 2. The number of hydrogen-bond acceptors (Lipinski definition) is 6. The number of aromatic nitrogens is 2. The molecule has 1 aliphatic rings. The van der Waals surface area contributed by atoms with Gasteiger partial charge in [-0.25, -0.2) is 9.97 Å². The van der Waals surface area contributed by atoms with Gasteiger partial charge in [0.25, 0.3) is 5.91 Å². The minimum absolute atomic E-state index is 0.108. The monoisotopic (exact) mass is 489 g/mol. The number of likely N-dealkylation sites (N-methyl/N-ethyl adjacent to an activating group) is 1. The number of anilines is 2. The second-order valence-corrected chi connectivity index (χ2v) is 10.0. The first-order valence-corrected chi connectivity index (χ1v) is 12.7. The molecule has 1 atom stereocenters. The fourth-order valence-corrected chi connectivity index (χ4v) is 5.31. The van der Waals surface area contributed by atoms with E-state index in [-0.39, 0.29) is 17.9 Å². The molecule has 7 nitrogen and oxygen atoms in total. The SMILES string of the molecule is Cc1cc(C)cc(NC(=O)c2cccnc2SCc2ccnc(N3CCC[C@H]3C(=O)N(C)C)c2)c1. The molecule has 3 heterocycles. The largest absolute Gasteiger partial charge is 0.347 e. The highest BCUT2D eigenvalue weighted by Crippen LogP contribution is 2.29. The summed E-state index contributed by atoms with van der Waals surface area (Å²) in [6.07, 6.45) is 5.30. The summed E-state index contributed by atoms with van der Waals surface area (Å²) >= 11 is 1.52. The molecule has 8 heteroatoms. The molecule has 0 saturated carbocycles. The Balaban J connectivity index is 1.47. The summed E-state index contributed by atoms with van der Waals surface area (Å²) in [4.78, 5) is 38.4. The van der Waals surface area contributed by atoms with Gasteiger partial charge >= 0.3 is 0 Å². The highest BCUT2D eigenvalue weighted by atomic mass is 32.2. The molecule has 1 aliphatic heterocycles. The molecule has 2 amide bonds. The van der Waals surface area contributed by atoms with E-state index in [9.17, 15) is 9.59 Å². The molecule has 0 spiro atoms. The zero-order chi connectivity index (χ0) is 24.9. The van der Waals surface area contributed by atoms with Gasteiger partial charge in [0.05, 0.1) is 5.56 Å². The average Bonchev–Trinajstić information content (AvgIpc) is 3.32. The van der Waals surface area contributed by atoms with Crippen molar-refractivity contribution in [2.24, 2.45) is 0 Å². The fraction of sp³-hybridized carbons (Fsp3) is 0.333. The molecule has 1 saturated heterocycles. The van der Waals surface area contributed by atoms with E-state index in [0.29, 0.717) is 16.3 Å². The van der Waals surface area contributed by atoms with E-state index >= 15 is 0 Å². The Labute approximate surface area is 211 Å². The minimum atomic E-state index is -0.178. The predicted octanol–water partition coefficient (Wildman–Crippen LogP) is 4.70. The first kappa shape index (κ1) is 24.7. The fourth-order valence-electron chi connectivity index (χ4n) is 4.38. The maximum Gasteiger partial charge on any atom is 0.258 e. The van der Waals surface area contributed by atoms with Crippen LogP contribution in [0.3, 0.4) is 0 Å². The number of nitrogens with one attached hydrogen (secondary N) is 1. The zero-order valence-corrected chi connectivity index (χ0v) is 21.4. The summed E-state index contributed by atoms with van der Waals surface area (Å²) < 4.78 is 0. The van der Waals surface area contributed by atoms with Crippen LogP contribution in [0.4, 0.5) is 11.5 Å². The summed E-state index contributed by atoms with van der Waals surface area (Å²) in [5.74, 6) is 1.38. The molecular formula is C27H31N5O2S. The van der Waals surface area contributed by atoms with Crippen LogP contribution in [0.2, 0.25) is 0 Å². The van der Waals surface area contributed by atoms with E-state index in [1.54, 1.807) is 43.5 Å². The Hall–Kier alpha value is -3.39. The van der Waals surface area contributed by atoms with Crippen LogP contribution in [-0.2, 0) is 10.5 Å². The molecule has 1 aromatic carbocycles. The van der Waals surface area contributed by atoms with E-state index < -0.39 is 0 Å². The Kier molecular flexibility index (Phi) is 7.70. The summed E-state index contributed by atoms with van der Waals surface area (Å²) in [5, 5.41) is 3.68. The first-order chi connectivity index (χ1) is 16.8. The lowest BCUT2D eigenvalue weighted by Gasteiger charge is -2.27. The van der Waals surface area contributed by atoms with Crippen molar-refractivity contribution in [3.63, 3.8) is 0 Å². The Morgan fingerprint density at radius 3 is 2.60 bits per heavy atom. The van der Waals surface area contributed by atoms with Gasteiger partial charge < -0.3 is 15.1 Å². The predicted molar refractivity (Wildman–Crippen MR) is 141 cm³/mol. The van der Waals surface area contributed by atoms with Gasteiger partial charge in [0.1, 0.15) is 16.9 Å². The molecule has 3 aromatic rings. The molecule has 182 valence electrons. The van der Waals surface area contributed by atoms with Crippen molar-refractivity contribution in [2.75, 3.05) is 30.9 Å². The quantitative estimate of drug-likeness (QED) is 0.485. The number of thioether (sulfide) groups is 1. The number of hydrogen-bond donors (Lipinski definition) is 1. The van der Waals surface area contributed by atoms with E-state index in [4.69, 9.17) is 0 Å². The smallest absolute Gasteiger partial charge is 0.258 e. The molecule has 0 aliphatic carbocycles. The molecule has 0 unspecified atom stereocenters. The van der Waals surface area contributed by atoms with Crippen molar-refractivity contribution in [1.82, 2.24) is 14.9 Å². The van der Waals surface area contributed by atoms with Crippen LogP contribution in [-0.4, -0.2) is 53.4 Å². The molecule has 0 radical (unpaired) electrons. The van der Waals surface area contributed by atoms with Crippen molar-refractivity contribution in [1.29, 1.82) is 0 Å². The van der Waals surface area contributed by atoms with Crippen LogP contribution in [0.1, 0.15) is 39.9 Å². The number of pyridine rings is 2. The standard InChI is InChI=1S/C27H31N5O2S/c1-18-13-19(2)15-21(14-18)30-25(33)22-7-5-10-29-26(22)35-17-20-9-11-28-24(16-20)32-12-6-8-23(32)27(34)31(3)4/h5,7,9-11,13-16,23H,6,8,12,17H2,1-4H3,(H,30,33)/t23-/m0/s1. The number of nitrogens with zero attached hydrogens (tertiary/aromatic N) is 4. The Morgan fingerprint density at radius 2 is 1.86 bits per heavy atom. The summed E-state index contributed by atoms with van der Waals surface area (Å²) in [6, 6.07) is 13.4. The van der Waals surface area contributed by atoms with Crippen LogP contribution in [0.15, 0.2) is 59.9 Å². The number of rotatable bonds is 7. The normalized spacial score (nSPS) is 15.2. The third kappa shape index (κ3) is 6.00. The van der Waals surface area contributed by atoms with Crippen LogP contribution in [0.5, 0.6) is 0 Å². The number of carbonyl (C=O) groups excluding carboxylic acids is 2. The van der Waals surface area contributed by atoms with Gasteiger partial charge in [0.15, 0.2) is 0 Å². The number of benzene rings is 1. The molecule has 4 rings (SSSR count). The highest BCUT2D eigenvalue weighted by Gasteiger charge is 2.32. The van der Waals surface area contributed by atoms with E-state index in [1.807, 2.05) is 38.1 Å². The van der Waals surface area contributed by atoms with Gasteiger partial charge in [0.2, 0.25) is 5.91 Å². The number of amides is 2. The third-order valence-corrected chi connectivity index (χ3v) is 7.03. The molecule has 0 bridgehead atoms. The average molecular weight is 490 g/mol. The van der Waals surface area contributed by atoms with Crippen LogP contribution in [0.25, 0.3) is 0 Å². The van der Waals surface area contributed by atoms with Gasteiger partial charge in [-0.3, -0.25) is 9.59 Å². The molecule has 1 fully saturated rings. The van der Waals surface area contributed by atoms with Gasteiger partial charge in [0, 0.05) is 44.5 Å². The molecule has 1 N–H and O–H groups in total. The van der Waals surface area contributed by atoms with Crippen LogP contribution >= 0.6 is 11.8 Å². The highest BCUT2D eigenvalue weighted by molar-refractivity contribution is 7.98. The molecular weight excluding hydrogens is 458 g/mol. The van der Waals surface area contributed by atoms with Crippen molar-refractivity contribution in [3.05, 3.63) is 77.1 Å². The van der Waals surface area contributed by atoms with Crippen LogP contribution in [0, 0.1) is 13.8 Å². The second kappa shape index (κ2) is 10.9. The lowest BCUT2D eigenvalue weighted by Crippen LogP contribution is -2.43.